The Kier molecular flexibility index (Phi) is 5.48. The van der Waals surface area contributed by atoms with Crippen molar-refractivity contribution < 1.29 is 32.2 Å². The number of hydrogen-bond donors (Lipinski definition) is 1. The Morgan fingerprint density at radius 3 is 2.40 bits per heavy atom. The van der Waals surface area contributed by atoms with Gasteiger partial charge in [-0.1, -0.05) is 6.07 Å². The van der Waals surface area contributed by atoms with Gasteiger partial charge in [-0.25, -0.2) is 4.79 Å². The Balaban J connectivity index is 2.51. The van der Waals surface area contributed by atoms with E-state index in [1.54, 1.807) is 18.2 Å². The van der Waals surface area contributed by atoms with E-state index in [1.165, 1.54) is 14.2 Å². The van der Waals surface area contributed by atoms with Crippen molar-refractivity contribution in [1.82, 2.24) is 5.32 Å². The second kappa shape index (κ2) is 6.88. The van der Waals surface area contributed by atoms with E-state index in [1.807, 2.05) is 0 Å². The highest BCUT2D eigenvalue weighted by molar-refractivity contribution is 5.67. The molecule has 8 heteroatoms. The van der Waals surface area contributed by atoms with Gasteiger partial charge in [-0.15, -0.1) is 0 Å². The van der Waals surface area contributed by atoms with Crippen LogP contribution < -0.4 is 14.8 Å². The average Bonchev–Trinajstić information content (AvgIpc) is 2.41. The number of amides is 1. The molecule has 0 atom stereocenters. The lowest BCUT2D eigenvalue weighted by Gasteiger charge is -2.11. The van der Waals surface area contributed by atoms with E-state index in [-0.39, 0.29) is 6.54 Å². The quantitative estimate of drug-likeness (QED) is 0.906. The molecule has 0 saturated carbocycles. The number of hydrogen-bond acceptors (Lipinski definition) is 4. The number of carbonyl (C=O) groups excluding carboxylic acids is 1. The maximum atomic E-state index is 11.8. The summed E-state index contributed by atoms with van der Waals surface area (Å²) in [5.74, 6) is 0.964. The highest BCUT2D eigenvalue weighted by atomic mass is 19.4. The zero-order valence-electron chi connectivity index (χ0n) is 10.9. The van der Waals surface area contributed by atoms with Crippen molar-refractivity contribution in [3.8, 4) is 11.5 Å². The molecule has 112 valence electrons. The molecule has 1 N–H and O–H groups in total. The van der Waals surface area contributed by atoms with Crippen molar-refractivity contribution in [2.45, 2.75) is 12.7 Å². The van der Waals surface area contributed by atoms with Crippen LogP contribution in [0.2, 0.25) is 0 Å². The van der Waals surface area contributed by atoms with Crippen LogP contribution in [-0.4, -0.2) is 33.1 Å². The first-order valence-corrected chi connectivity index (χ1v) is 5.54. The Morgan fingerprint density at radius 1 is 1.20 bits per heavy atom. The molecule has 5 nitrogen and oxygen atoms in total. The first-order chi connectivity index (χ1) is 9.35. The number of benzene rings is 1. The van der Waals surface area contributed by atoms with Crippen LogP contribution >= 0.6 is 0 Å². The predicted octanol–water partition coefficient (Wildman–Crippen LogP) is 2.49. The summed E-state index contributed by atoms with van der Waals surface area (Å²) < 4.78 is 49.6. The second-order valence-electron chi connectivity index (χ2n) is 3.73. The highest BCUT2D eigenvalue weighted by Crippen LogP contribution is 2.27. The molecule has 1 rings (SSSR count). The minimum atomic E-state index is -4.54. The van der Waals surface area contributed by atoms with Crippen molar-refractivity contribution in [3.63, 3.8) is 0 Å². The molecular formula is C12H14F3NO4. The van der Waals surface area contributed by atoms with Gasteiger partial charge in [-0.2, -0.15) is 13.2 Å². The normalized spacial score (nSPS) is 10.8. The molecule has 20 heavy (non-hydrogen) atoms. The van der Waals surface area contributed by atoms with E-state index in [0.717, 1.165) is 0 Å². The molecule has 0 aliphatic heterocycles. The van der Waals surface area contributed by atoms with Gasteiger partial charge >= 0.3 is 12.3 Å². The van der Waals surface area contributed by atoms with Crippen molar-refractivity contribution in [3.05, 3.63) is 23.8 Å². The summed E-state index contributed by atoms with van der Waals surface area (Å²) in [5, 5.41) is 2.20. The summed E-state index contributed by atoms with van der Waals surface area (Å²) >= 11 is 0. The summed E-state index contributed by atoms with van der Waals surface area (Å²) in [6.07, 6.45) is -5.68. The second-order valence-corrected chi connectivity index (χ2v) is 3.73. The van der Waals surface area contributed by atoms with E-state index < -0.39 is 18.9 Å². The molecule has 1 amide bonds. The zero-order valence-corrected chi connectivity index (χ0v) is 10.9. The molecule has 0 radical (unpaired) electrons. The third kappa shape index (κ3) is 5.25. The Labute approximate surface area is 113 Å². The van der Waals surface area contributed by atoms with E-state index in [9.17, 15) is 18.0 Å². The number of alkyl halides is 3. The lowest BCUT2D eigenvalue weighted by molar-refractivity contribution is -0.160. The molecule has 0 aromatic heterocycles. The first-order valence-electron chi connectivity index (χ1n) is 5.54. The lowest BCUT2D eigenvalue weighted by atomic mass is 10.2. The first kappa shape index (κ1) is 15.9. The van der Waals surface area contributed by atoms with E-state index >= 15 is 0 Å². The molecule has 1 aromatic carbocycles. The highest BCUT2D eigenvalue weighted by Gasteiger charge is 2.29. The fourth-order valence-electron chi connectivity index (χ4n) is 1.36. The number of rotatable bonds is 5. The number of ether oxygens (including phenoxy) is 3. The summed E-state index contributed by atoms with van der Waals surface area (Å²) in [7, 11) is 2.93. The number of alkyl carbamates (subject to hydrolysis) is 1. The van der Waals surface area contributed by atoms with Gasteiger partial charge < -0.3 is 19.5 Å². The molecule has 0 spiro atoms. The number of carbonyl (C=O) groups is 1. The Bertz CT molecular complexity index is 463. The summed E-state index contributed by atoms with van der Waals surface area (Å²) in [4.78, 5) is 11.1. The number of methoxy groups -OCH3 is 2. The Morgan fingerprint density at radius 2 is 1.85 bits per heavy atom. The topological polar surface area (TPSA) is 56.8 Å². The van der Waals surface area contributed by atoms with Crippen molar-refractivity contribution in [1.29, 1.82) is 0 Å². The van der Waals surface area contributed by atoms with Gasteiger partial charge in [0.05, 0.1) is 14.2 Å². The third-order valence-electron chi connectivity index (χ3n) is 2.25. The smallest absolute Gasteiger partial charge is 0.422 e. The van der Waals surface area contributed by atoms with E-state index in [0.29, 0.717) is 17.1 Å². The van der Waals surface area contributed by atoms with E-state index in [4.69, 9.17) is 9.47 Å². The molecule has 0 aliphatic rings. The molecular weight excluding hydrogens is 279 g/mol. The van der Waals surface area contributed by atoms with Crippen LogP contribution in [-0.2, 0) is 11.3 Å². The largest absolute Gasteiger partial charge is 0.493 e. The number of halogens is 3. The monoisotopic (exact) mass is 293 g/mol. The summed E-state index contributed by atoms with van der Waals surface area (Å²) in [6, 6.07) is 4.87. The maximum absolute atomic E-state index is 11.8. The van der Waals surface area contributed by atoms with Crippen molar-refractivity contribution in [2.24, 2.45) is 0 Å². The van der Waals surface area contributed by atoms with Crippen LogP contribution in [0.4, 0.5) is 18.0 Å². The minimum absolute atomic E-state index is 0.0110. The third-order valence-corrected chi connectivity index (χ3v) is 2.25. The van der Waals surface area contributed by atoms with Crippen molar-refractivity contribution in [2.75, 3.05) is 20.8 Å². The van der Waals surface area contributed by atoms with Gasteiger partial charge in [-0.3, -0.25) is 0 Å². The van der Waals surface area contributed by atoms with E-state index in [2.05, 4.69) is 10.1 Å². The molecule has 0 bridgehead atoms. The maximum Gasteiger partial charge on any atom is 0.422 e. The lowest BCUT2D eigenvalue weighted by Crippen LogP contribution is -2.28. The molecule has 0 fully saturated rings. The average molecular weight is 293 g/mol. The van der Waals surface area contributed by atoms with Gasteiger partial charge in [0.25, 0.3) is 0 Å². The van der Waals surface area contributed by atoms with Gasteiger partial charge in [0, 0.05) is 6.54 Å². The van der Waals surface area contributed by atoms with Gasteiger partial charge in [0.15, 0.2) is 18.1 Å². The standard InChI is InChI=1S/C12H14F3NO4/c1-18-9-4-3-8(5-10(9)19-2)6-16-11(17)20-7-12(13,14)15/h3-5H,6-7H2,1-2H3,(H,16,17). The molecule has 0 heterocycles. The van der Waals surface area contributed by atoms with Gasteiger partial charge in [-0.05, 0) is 17.7 Å². The predicted molar refractivity (Wildman–Crippen MR) is 63.8 cm³/mol. The molecule has 0 saturated heterocycles. The fraction of sp³-hybridized carbons (Fsp3) is 0.417. The van der Waals surface area contributed by atoms with Gasteiger partial charge in [0.2, 0.25) is 0 Å². The summed E-state index contributed by atoms with van der Waals surface area (Å²) in [5.41, 5.74) is 0.631. The summed E-state index contributed by atoms with van der Waals surface area (Å²) in [6.45, 7) is -1.61. The van der Waals surface area contributed by atoms with Gasteiger partial charge in [0.1, 0.15) is 0 Å². The molecule has 1 aromatic rings. The van der Waals surface area contributed by atoms with Crippen LogP contribution in [0, 0.1) is 0 Å². The van der Waals surface area contributed by atoms with Crippen molar-refractivity contribution >= 4 is 6.09 Å². The van der Waals surface area contributed by atoms with Crippen LogP contribution in [0.1, 0.15) is 5.56 Å². The van der Waals surface area contributed by atoms with Crippen LogP contribution in [0.25, 0.3) is 0 Å². The van der Waals surface area contributed by atoms with Crippen LogP contribution in [0.15, 0.2) is 18.2 Å². The minimum Gasteiger partial charge on any atom is -0.493 e. The van der Waals surface area contributed by atoms with Crippen LogP contribution in [0.3, 0.4) is 0 Å². The molecule has 0 aliphatic carbocycles. The zero-order chi connectivity index (χ0) is 15.2. The molecule has 0 unspecified atom stereocenters. The SMILES string of the molecule is COc1ccc(CNC(=O)OCC(F)(F)F)cc1OC. The van der Waals surface area contributed by atoms with Crippen LogP contribution in [0.5, 0.6) is 11.5 Å². The number of nitrogens with one attached hydrogen (secondary N) is 1. The fourth-order valence-corrected chi connectivity index (χ4v) is 1.36. The Hall–Kier alpha value is -2.12.